The van der Waals surface area contributed by atoms with E-state index in [4.69, 9.17) is 0 Å². The van der Waals surface area contributed by atoms with E-state index in [9.17, 15) is 0 Å². The molecular weight excluding hydrogens is 460 g/mol. The molecule has 0 atom stereocenters. The maximum absolute atomic E-state index is 4.33. The van der Waals surface area contributed by atoms with Crippen LogP contribution in [0, 0.1) is 0 Å². The molecule has 2 aliphatic rings. The Bertz CT molecular complexity index is 1480. The minimum absolute atomic E-state index is 0.829. The molecular formula is C36H34N2. The summed E-state index contributed by atoms with van der Waals surface area (Å²) in [6.07, 6.45) is 22.3. The summed E-state index contributed by atoms with van der Waals surface area (Å²) in [6.45, 7) is 16.2. The van der Waals surface area contributed by atoms with Crippen LogP contribution in [0.1, 0.15) is 5.56 Å². The maximum Gasteiger partial charge on any atom is 0.0489 e. The van der Waals surface area contributed by atoms with Crippen molar-refractivity contribution in [3.63, 3.8) is 0 Å². The van der Waals surface area contributed by atoms with Gasteiger partial charge in [0.15, 0.2) is 0 Å². The predicted octanol–water partition coefficient (Wildman–Crippen LogP) is 8.76. The lowest BCUT2D eigenvalue weighted by Gasteiger charge is -2.28. The molecule has 2 nitrogen and oxygen atoms in total. The van der Waals surface area contributed by atoms with E-state index in [2.05, 4.69) is 134 Å². The van der Waals surface area contributed by atoms with Crippen molar-refractivity contribution in [2.24, 2.45) is 0 Å². The van der Waals surface area contributed by atoms with Gasteiger partial charge in [-0.2, -0.15) is 0 Å². The van der Waals surface area contributed by atoms with E-state index in [-0.39, 0.29) is 0 Å². The van der Waals surface area contributed by atoms with Gasteiger partial charge < -0.3 is 9.80 Å². The van der Waals surface area contributed by atoms with Crippen LogP contribution in [0.2, 0.25) is 0 Å². The van der Waals surface area contributed by atoms with Gasteiger partial charge in [-0.1, -0.05) is 111 Å². The van der Waals surface area contributed by atoms with Gasteiger partial charge in [-0.05, 0) is 57.7 Å². The lowest BCUT2D eigenvalue weighted by Crippen LogP contribution is -2.17. The molecule has 4 rings (SSSR count). The molecule has 2 aliphatic heterocycles. The van der Waals surface area contributed by atoms with Crippen LogP contribution in [0.4, 0.5) is 0 Å². The van der Waals surface area contributed by atoms with Gasteiger partial charge in [-0.25, -0.2) is 0 Å². The number of nitrogens with zero attached hydrogens (tertiary/aromatic N) is 2. The molecule has 0 aromatic heterocycles. The summed E-state index contributed by atoms with van der Waals surface area (Å²) in [5.41, 5.74) is 10.7. The Morgan fingerprint density at radius 1 is 0.737 bits per heavy atom. The third kappa shape index (κ3) is 5.61. The van der Waals surface area contributed by atoms with Crippen molar-refractivity contribution >= 4 is 5.70 Å². The second kappa shape index (κ2) is 11.9. The zero-order chi connectivity index (χ0) is 27.1. The van der Waals surface area contributed by atoms with Crippen molar-refractivity contribution in [2.75, 3.05) is 14.1 Å². The standard InChI is InChI=1S/C36H34N2/c1-7-9-16-27(3)28(4)32(15-8-2)35-25-30(21-23-37(35)5)31-22-24-38(6)36(26-31)34-20-14-13-19-33(34)29-17-11-10-12-18-29/h7-26H,1-4H2,5-6H3/b16-9-,31-30+,32-15+. The number of likely N-dealkylation sites (N-methyl/N-ethyl adjacent to an activating group) is 1. The van der Waals surface area contributed by atoms with Crippen molar-refractivity contribution in [1.29, 1.82) is 0 Å². The highest BCUT2D eigenvalue weighted by Crippen LogP contribution is 2.36. The first kappa shape index (κ1) is 26.2. The van der Waals surface area contributed by atoms with Gasteiger partial charge in [0.2, 0.25) is 0 Å². The Balaban J connectivity index is 1.80. The molecule has 2 heterocycles. The van der Waals surface area contributed by atoms with Crippen molar-refractivity contribution in [1.82, 2.24) is 9.80 Å². The second-order valence-electron chi connectivity index (χ2n) is 9.15. The molecule has 0 amide bonds. The summed E-state index contributed by atoms with van der Waals surface area (Å²) in [5.74, 6) is 0. The van der Waals surface area contributed by atoms with Crippen LogP contribution in [0.15, 0.2) is 182 Å². The van der Waals surface area contributed by atoms with Crippen LogP contribution in [0.3, 0.4) is 0 Å². The van der Waals surface area contributed by atoms with E-state index in [1.54, 1.807) is 12.2 Å². The molecule has 0 aliphatic carbocycles. The van der Waals surface area contributed by atoms with Gasteiger partial charge in [-0.3, -0.25) is 0 Å². The van der Waals surface area contributed by atoms with E-state index in [1.807, 2.05) is 25.3 Å². The molecule has 2 heteroatoms. The molecule has 0 unspecified atom stereocenters. The number of benzene rings is 2. The van der Waals surface area contributed by atoms with E-state index < -0.39 is 0 Å². The molecule has 0 N–H and O–H groups in total. The first-order valence-corrected chi connectivity index (χ1v) is 12.6. The number of allylic oxidation sites excluding steroid dienone is 13. The monoisotopic (exact) mass is 494 g/mol. The zero-order valence-electron chi connectivity index (χ0n) is 22.3. The van der Waals surface area contributed by atoms with E-state index >= 15 is 0 Å². The molecule has 0 fully saturated rings. The largest absolute Gasteiger partial charge is 0.351 e. The lowest BCUT2D eigenvalue weighted by molar-refractivity contribution is 0.574. The molecule has 38 heavy (non-hydrogen) atoms. The van der Waals surface area contributed by atoms with E-state index in [1.165, 1.54) is 16.7 Å². The zero-order valence-corrected chi connectivity index (χ0v) is 22.3. The molecule has 0 radical (unpaired) electrons. The Labute approximate surface area is 227 Å². The number of hydrogen-bond acceptors (Lipinski definition) is 2. The van der Waals surface area contributed by atoms with E-state index in [0.29, 0.717) is 0 Å². The van der Waals surface area contributed by atoms with Crippen molar-refractivity contribution < 1.29 is 0 Å². The van der Waals surface area contributed by atoms with Gasteiger partial charge in [0, 0.05) is 49.0 Å². The highest BCUT2D eigenvalue weighted by atomic mass is 15.1. The number of hydrogen-bond donors (Lipinski definition) is 0. The molecule has 0 saturated heterocycles. The van der Waals surface area contributed by atoms with Gasteiger partial charge >= 0.3 is 0 Å². The van der Waals surface area contributed by atoms with Gasteiger partial charge in [0.25, 0.3) is 0 Å². The van der Waals surface area contributed by atoms with Gasteiger partial charge in [0.05, 0.1) is 0 Å². The summed E-state index contributed by atoms with van der Waals surface area (Å²) in [4.78, 5) is 4.28. The van der Waals surface area contributed by atoms with Crippen LogP contribution in [-0.2, 0) is 0 Å². The summed E-state index contributed by atoms with van der Waals surface area (Å²) < 4.78 is 0. The highest BCUT2D eigenvalue weighted by molar-refractivity contribution is 5.83. The third-order valence-corrected chi connectivity index (χ3v) is 6.63. The normalized spacial score (nSPS) is 17.4. The molecule has 0 saturated carbocycles. The van der Waals surface area contributed by atoms with E-state index in [0.717, 1.165) is 39.3 Å². The molecule has 188 valence electrons. The average Bonchev–Trinajstić information content (AvgIpc) is 2.95. The summed E-state index contributed by atoms with van der Waals surface area (Å²) in [7, 11) is 4.13. The Hall–Kier alpha value is -4.82. The summed E-state index contributed by atoms with van der Waals surface area (Å²) in [6, 6.07) is 19.1. The van der Waals surface area contributed by atoms with Gasteiger partial charge in [-0.15, -0.1) is 0 Å². The fourth-order valence-electron chi connectivity index (χ4n) is 4.53. The van der Waals surface area contributed by atoms with Crippen LogP contribution in [0.5, 0.6) is 0 Å². The van der Waals surface area contributed by atoms with Crippen molar-refractivity contribution in [3.8, 4) is 11.1 Å². The third-order valence-electron chi connectivity index (χ3n) is 6.63. The first-order chi connectivity index (χ1) is 18.4. The molecule has 2 aromatic rings. The summed E-state index contributed by atoms with van der Waals surface area (Å²) >= 11 is 0. The fraction of sp³-hybridized carbons (Fsp3) is 0.0556. The lowest BCUT2D eigenvalue weighted by atomic mass is 9.91. The minimum atomic E-state index is 0.829. The van der Waals surface area contributed by atoms with Crippen LogP contribution < -0.4 is 0 Å². The van der Waals surface area contributed by atoms with Crippen molar-refractivity contribution in [3.05, 3.63) is 187 Å². The van der Waals surface area contributed by atoms with Gasteiger partial charge in [0.1, 0.15) is 0 Å². The SMILES string of the molecule is C=C/C=C\C(=C)C(=C)/C(=C\C=C)C1=C/C(=C2\C=CN(C)C(c3ccccc3-c3ccccc3)=C2)C=CN1C. The molecule has 0 bridgehead atoms. The molecule has 2 aromatic carbocycles. The smallest absolute Gasteiger partial charge is 0.0489 e. The topological polar surface area (TPSA) is 6.48 Å². The first-order valence-electron chi connectivity index (χ1n) is 12.6. The number of rotatable bonds is 8. The second-order valence-corrected chi connectivity index (χ2v) is 9.15. The highest BCUT2D eigenvalue weighted by Gasteiger charge is 2.19. The quantitative estimate of drug-likeness (QED) is 0.338. The minimum Gasteiger partial charge on any atom is -0.351 e. The fourth-order valence-corrected chi connectivity index (χ4v) is 4.53. The maximum atomic E-state index is 4.33. The summed E-state index contributed by atoms with van der Waals surface area (Å²) in [5, 5.41) is 0. The Kier molecular flexibility index (Phi) is 8.25. The Morgan fingerprint density at radius 3 is 2.05 bits per heavy atom. The Morgan fingerprint density at radius 2 is 1.37 bits per heavy atom. The average molecular weight is 495 g/mol. The van der Waals surface area contributed by atoms with Crippen LogP contribution >= 0.6 is 0 Å². The molecule has 0 spiro atoms. The van der Waals surface area contributed by atoms with Crippen LogP contribution in [-0.4, -0.2) is 23.9 Å². The predicted molar refractivity (Wildman–Crippen MR) is 165 cm³/mol. The van der Waals surface area contributed by atoms with Crippen LogP contribution in [0.25, 0.3) is 16.8 Å². The van der Waals surface area contributed by atoms with Crippen molar-refractivity contribution in [2.45, 2.75) is 0 Å².